The van der Waals surface area contributed by atoms with E-state index in [1.54, 1.807) is 17.5 Å². The fourth-order valence-corrected chi connectivity index (χ4v) is 1.72. The van der Waals surface area contributed by atoms with Crippen LogP contribution in [0.25, 0.3) is 5.65 Å². The Labute approximate surface area is 102 Å². The van der Waals surface area contributed by atoms with Crippen molar-refractivity contribution in [3.05, 3.63) is 18.2 Å². The van der Waals surface area contributed by atoms with Crippen LogP contribution in [-0.2, 0) is 0 Å². The highest BCUT2D eigenvalue weighted by Gasteiger charge is 2.18. The Morgan fingerprint density at radius 2 is 2.22 bits per heavy atom. The number of fused-ring (bicyclic) bond motifs is 1. The first-order valence-corrected chi connectivity index (χ1v) is 5.43. The summed E-state index contributed by atoms with van der Waals surface area (Å²) >= 11 is 0. The first kappa shape index (κ1) is 12.6. The smallest absolute Gasteiger partial charge is 0.255 e. The van der Waals surface area contributed by atoms with Crippen LogP contribution in [0.4, 0.5) is 14.6 Å². The van der Waals surface area contributed by atoms with Crippen molar-refractivity contribution < 1.29 is 13.9 Å². The molecule has 0 aliphatic carbocycles. The molecule has 2 aromatic heterocycles. The molecule has 1 N–H and O–H groups in total. The Morgan fingerprint density at radius 3 is 2.89 bits per heavy atom. The van der Waals surface area contributed by atoms with Crippen LogP contribution in [-0.4, -0.2) is 50.8 Å². The standard InChI is InChI=1S/C10H13F2N5O/c1-7-14-15-10-9(13-2-3-17(7)10)16(4-5-18)6-8(11)12/h2-3,8,18H,4-6H2,1H3. The van der Waals surface area contributed by atoms with E-state index in [9.17, 15) is 8.78 Å². The van der Waals surface area contributed by atoms with Gasteiger partial charge in [-0.15, -0.1) is 10.2 Å². The fourth-order valence-electron chi connectivity index (χ4n) is 1.72. The summed E-state index contributed by atoms with van der Waals surface area (Å²) in [6.45, 7) is 1.10. The summed E-state index contributed by atoms with van der Waals surface area (Å²) in [6.07, 6.45) is 0.644. The molecule has 0 fully saturated rings. The van der Waals surface area contributed by atoms with Gasteiger partial charge in [-0.05, 0) is 6.92 Å². The Balaban J connectivity index is 2.43. The average molecular weight is 257 g/mol. The quantitative estimate of drug-likeness (QED) is 0.844. The Hall–Kier alpha value is -1.83. The molecular formula is C10H13F2N5O. The summed E-state index contributed by atoms with van der Waals surface area (Å²) in [5.74, 6) is 0.946. The lowest BCUT2D eigenvalue weighted by atomic mass is 10.4. The SMILES string of the molecule is Cc1nnc2c(N(CCO)CC(F)F)nccn12. The van der Waals surface area contributed by atoms with Gasteiger partial charge in [0.15, 0.2) is 5.82 Å². The maximum absolute atomic E-state index is 12.5. The van der Waals surface area contributed by atoms with E-state index in [2.05, 4.69) is 15.2 Å². The zero-order valence-electron chi connectivity index (χ0n) is 9.79. The fraction of sp³-hybridized carbons (Fsp3) is 0.500. The van der Waals surface area contributed by atoms with Gasteiger partial charge in [0.25, 0.3) is 6.43 Å². The van der Waals surface area contributed by atoms with Crippen LogP contribution in [0.5, 0.6) is 0 Å². The summed E-state index contributed by atoms with van der Waals surface area (Å²) < 4.78 is 26.7. The number of alkyl halides is 2. The molecular weight excluding hydrogens is 244 g/mol. The minimum absolute atomic E-state index is 0.0723. The zero-order valence-corrected chi connectivity index (χ0v) is 9.79. The minimum Gasteiger partial charge on any atom is -0.395 e. The number of anilines is 1. The van der Waals surface area contributed by atoms with Crippen molar-refractivity contribution in [2.45, 2.75) is 13.3 Å². The molecule has 0 unspecified atom stereocenters. The van der Waals surface area contributed by atoms with Crippen molar-refractivity contribution in [1.82, 2.24) is 19.6 Å². The molecule has 0 atom stereocenters. The van der Waals surface area contributed by atoms with Crippen molar-refractivity contribution in [3.63, 3.8) is 0 Å². The topological polar surface area (TPSA) is 66.5 Å². The molecule has 0 amide bonds. The Kier molecular flexibility index (Phi) is 3.66. The number of halogens is 2. The van der Waals surface area contributed by atoms with Crippen LogP contribution < -0.4 is 4.90 Å². The molecule has 8 heteroatoms. The molecule has 98 valence electrons. The van der Waals surface area contributed by atoms with Crippen molar-refractivity contribution in [1.29, 1.82) is 0 Å². The van der Waals surface area contributed by atoms with E-state index in [-0.39, 0.29) is 13.2 Å². The zero-order chi connectivity index (χ0) is 13.1. The van der Waals surface area contributed by atoms with Gasteiger partial charge in [0.05, 0.1) is 13.2 Å². The van der Waals surface area contributed by atoms with E-state index < -0.39 is 13.0 Å². The summed E-state index contributed by atoms with van der Waals surface area (Å²) in [5.41, 5.74) is 0.407. The molecule has 0 bridgehead atoms. The molecule has 0 aliphatic rings. The summed E-state index contributed by atoms with van der Waals surface area (Å²) in [7, 11) is 0. The van der Waals surface area contributed by atoms with E-state index in [4.69, 9.17) is 5.11 Å². The largest absolute Gasteiger partial charge is 0.395 e. The molecule has 0 saturated heterocycles. The van der Waals surface area contributed by atoms with Crippen LogP contribution in [0.1, 0.15) is 5.82 Å². The lowest BCUT2D eigenvalue weighted by molar-refractivity contribution is 0.152. The maximum Gasteiger partial charge on any atom is 0.255 e. The number of aryl methyl sites for hydroxylation is 1. The molecule has 2 aromatic rings. The van der Waals surface area contributed by atoms with Crippen molar-refractivity contribution in [2.75, 3.05) is 24.6 Å². The summed E-state index contributed by atoms with van der Waals surface area (Å²) in [6, 6.07) is 0. The van der Waals surface area contributed by atoms with Crippen molar-refractivity contribution in [2.24, 2.45) is 0 Å². The Morgan fingerprint density at radius 1 is 1.44 bits per heavy atom. The maximum atomic E-state index is 12.5. The van der Waals surface area contributed by atoms with E-state index >= 15 is 0 Å². The number of aliphatic hydroxyl groups is 1. The van der Waals surface area contributed by atoms with Crippen LogP contribution in [0.2, 0.25) is 0 Å². The third-order valence-corrected chi connectivity index (χ3v) is 2.51. The highest BCUT2D eigenvalue weighted by Crippen LogP contribution is 2.18. The number of hydrogen-bond acceptors (Lipinski definition) is 5. The number of nitrogens with zero attached hydrogens (tertiary/aromatic N) is 5. The number of rotatable bonds is 5. The second kappa shape index (κ2) is 5.21. The van der Waals surface area contributed by atoms with Crippen LogP contribution >= 0.6 is 0 Å². The van der Waals surface area contributed by atoms with Crippen LogP contribution in [0.3, 0.4) is 0 Å². The molecule has 0 radical (unpaired) electrons. The summed E-state index contributed by atoms with van der Waals surface area (Å²) in [5, 5.41) is 16.7. The molecule has 0 aromatic carbocycles. The minimum atomic E-state index is -2.51. The third kappa shape index (κ3) is 2.37. The van der Waals surface area contributed by atoms with Gasteiger partial charge < -0.3 is 10.0 Å². The van der Waals surface area contributed by atoms with Crippen LogP contribution in [0.15, 0.2) is 12.4 Å². The van der Waals surface area contributed by atoms with E-state index in [0.29, 0.717) is 17.3 Å². The van der Waals surface area contributed by atoms with E-state index in [0.717, 1.165) is 0 Å². The van der Waals surface area contributed by atoms with Gasteiger partial charge in [0, 0.05) is 18.9 Å². The van der Waals surface area contributed by atoms with Gasteiger partial charge in [-0.3, -0.25) is 4.40 Å². The highest BCUT2D eigenvalue weighted by molar-refractivity contribution is 5.63. The number of aromatic nitrogens is 4. The molecule has 0 spiro atoms. The molecule has 18 heavy (non-hydrogen) atoms. The first-order valence-electron chi connectivity index (χ1n) is 5.43. The molecule has 2 heterocycles. The lowest BCUT2D eigenvalue weighted by Gasteiger charge is -2.22. The molecule has 0 saturated carbocycles. The number of hydrogen-bond donors (Lipinski definition) is 1. The van der Waals surface area contributed by atoms with Gasteiger partial charge in [-0.2, -0.15) is 0 Å². The van der Waals surface area contributed by atoms with Gasteiger partial charge in [0.2, 0.25) is 5.65 Å². The first-order chi connectivity index (χ1) is 8.63. The van der Waals surface area contributed by atoms with Gasteiger partial charge >= 0.3 is 0 Å². The van der Waals surface area contributed by atoms with Gasteiger partial charge in [-0.25, -0.2) is 13.8 Å². The molecule has 2 rings (SSSR count). The third-order valence-electron chi connectivity index (χ3n) is 2.51. The normalized spacial score (nSPS) is 11.4. The van der Waals surface area contributed by atoms with Crippen molar-refractivity contribution >= 4 is 11.5 Å². The van der Waals surface area contributed by atoms with Crippen molar-refractivity contribution in [3.8, 4) is 0 Å². The monoisotopic (exact) mass is 257 g/mol. The number of aliphatic hydroxyl groups excluding tert-OH is 1. The lowest BCUT2D eigenvalue weighted by Crippen LogP contribution is -2.32. The van der Waals surface area contributed by atoms with E-state index in [1.165, 1.54) is 11.1 Å². The predicted octanol–water partition coefficient (Wildman–Crippen LogP) is 0.497. The predicted molar refractivity (Wildman–Crippen MR) is 60.8 cm³/mol. The van der Waals surface area contributed by atoms with Gasteiger partial charge in [-0.1, -0.05) is 0 Å². The highest BCUT2D eigenvalue weighted by atomic mass is 19.3. The van der Waals surface area contributed by atoms with Crippen LogP contribution in [0, 0.1) is 6.92 Å². The molecule has 0 aliphatic heterocycles. The average Bonchev–Trinajstić information content (AvgIpc) is 2.70. The second-order valence-electron chi connectivity index (χ2n) is 3.75. The van der Waals surface area contributed by atoms with E-state index in [1.807, 2.05) is 0 Å². The Bertz CT molecular complexity index is 530. The molecule has 6 nitrogen and oxygen atoms in total. The van der Waals surface area contributed by atoms with Gasteiger partial charge in [0.1, 0.15) is 5.82 Å². The summed E-state index contributed by atoms with van der Waals surface area (Å²) in [4.78, 5) is 5.35. The second-order valence-corrected chi connectivity index (χ2v) is 3.75.